The number of rotatable bonds is 3. The van der Waals surface area contributed by atoms with Gasteiger partial charge in [-0.05, 0) is 13.0 Å². The number of nitrogens with two attached hydrogens (primary N) is 1. The van der Waals surface area contributed by atoms with Crippen LogP contribution < -0.4 is 16.6 Å². The highest BCUT2D eigenvalue weighted by Crippen LogP contribution is 2.10. The third-order valence-electron chi connectivity index (χ3n) is 2.02. The quantitative estimate of drug-likeness (QED) is 0.610. The zero-order valence-corrected chi connectivity index (χ0v) is 10.6. The van der Waals surface area contributed by atoms with E-state index in [1.807, 2.05) is 6.92 Å². The van der Waals surface area contributed by atoms with Gasteiger partial charge >= 0.3 is 0 Å². The number of aromatic nitrogens is 2. The minimum absolute atomic E-state index is 0.158. The summed E-state index contributed by atoms with van der Waals surface area (Å²) in [6, 6.07) is 1.37. The zero-order chi connectivity index (χ0) is 13.0. The van der Waals surface area contributed by atoms with Crippen molar-refractivity contribution in [2.24, 2.45) is 17.8 Å². The van der Waals surface area contributed by atoms with Gasteiger partial charge in [0.15, 0.2) is 5.15 Å². The van der Waals surface area contributed by atoms with Crippen molar-refractivity contribution in [2.75, 3.05) is 7.05 Å². The normalized spacial score (nSPS) is 12.7. The predicted molar refractivity (Wildman–Crippen MR) is 68.6 cm³/mol. The van der Waals surface area contributed by atoms with Crippen LogP contribution in [0, 0.1) is 0 Å². The Hall–Kier alpha value is -1.82. The molecule has 0 aromatic carbocycles. The Morgan fingerprint density at radius 1 is 1.71 bits per heavy atom. The highest BCUT2D eigenvalue weighted by atomic mass is 35.5. The van der Waals surface area contributed by atoms with Crippen molar-refractivity contribution in [3.63, 3.8) is 0 Å². The Bertz CT molecular complexity index is 532. The van der Waals surface area contributed by atoms with Crippen LogP contribution in [0.5, 0.6) is 0 Å². The summed E-state index contributed by atoms with van der Waals surface area (Å²) in [4.78, 5) is 15.6. The van der Waals surface area contributed by atoms with Gasteiger partial charge in [-0.25, -0.2) is 9.67 Å². The molecule has 0 radical (unpaired) electrons. The van der Waals surface area contributed by atoms with E-state index in [1.165, 1.54) is 13.1 Å². The van der Waals surface area contributed by atoms with E-state index >= 15 is 0 Å². The second kappa shape index (κ2) is 5.49. The number of allylic oxidation sites excluding steroid dienone is 1. The number of nitrogens with zero attached hydrogens (tertiary/aromatic N) is 3. The maximum Gasteiger partial charge on any atom is 0.292 e. The molecule has 17 heavy (non-hydrogen) atoms. The van der Waals surface area contributed by atoms with E-state index < -0.39 is 0 Å². The van der Waals surface area contributed by atoms with E-state index in [0.29, 0.717) is 0 Å². The van der Waals surface area contributed by atoms with Gasteiger partial charge in [-0.1, -0.05) is 11.6 Å². The van der Waals surface area contributed by atoms with Gasteiger partial charge in [0.2, 0.25) is 0 Å². The van der Waals surface area contributed by atoms with Gasteiger partial charge in [0.25, 0.3) is 5.56 Å². The van der Waals surface area contributed by atoms with E-state index in [9.17, 15) is 4.79 Å². The number of nitrogens with one attached hydrogen (secondary N) is 1. The van der Waals surface area contributed by atoms with E-state index in [2.05, 4.69) is 15.4 Å². The van der Waals surface area contributed by atoms with Crippen molar-refractivity contribution in [1.29, 1.82) is 0 Å². The minimum Gasteiger partial charge on any atom is -0.392 e. The molecule has 0 unspecified atom stereocenters. The van der Waals surface area contributed by atoms with Gasteiger partial charge < -0.3 is 11.1 Å². The Balaban J connectivity index is 3.19. The molecule has 0 fully saturated rings. The van der Waals surface area contributed by atoms with Gasteiger partial charge in [0.05, 0.1) is 0 Å². The zero-order valence-electron chi connectivity index (χ0n) is 9.86. The summed E-state index contributed by atoms with van der Waals surface area (Å²) in [7, 11) is 3.26. The fourth-order valence-electron chi connectivity index (χ4n) is 1.10. The van der Waals surface area contributed by atoms with Crippen molar-refractivity contribution in [1.82, 2.24) is 15.1 Å². The first-order chi connectivity index (χ1) is 7.93. The Labute approximate surface area is 104 Å². The lowest BCUT2D eigenvalue weighted by Crippen LogP contribution is -2.20. The monoisotopic (exact) mass is 255 g/mol. The summed E-state index contributed by atoms with van der Waals surface area (Å²) in [5, 5.41) is 6.84. The molecule has 0 saturated carbocycles. The van der Waals surface area contributed by atoms with Crippen molar-refractivity contribution < 1.29 is 0 Å². The fourth-order valence-corrected chi connectivity index (χ4v) is 1.32. The second-order valence-electron chi connectivity index (χ2n) is 3.40. The van der Waals surface area contributed by atoms with Crippen molar-refractivity contribution in [3.05, 3.63) is 33.3 Å². The number of hydrogen-bond donors (Lipinski definition) is 2. The standard InChI is InChI=1S/C10H14ClN5O/c1-6(13-2)4-9(12)14-7-5-8(11)15-16(3)10(7)17/h4-5,13H,1-3H3,(H2,12,14)/b6-4-. The number of hydrogen-bond acceptors (Lipinski definition) is 4. The topological polar surface area (TPSA) is 85.3 Å². The molecule has 0 saturated heterocycles. The molecule has 0 aliphatic rings. The summed E-state index contributed by atoms with van der Waals surface area (Å²) < 4.78 is 1.11. The molecule has 1 aromatic heterocycles. The SMILES string of the molecule is CN/C(C)=C\C(N)=Nc1cc(Cl)nn(C)c1=O. The van der Waals surface area contributed by atoms with Crippen LogP contribution in [0.3, 0.4) is 0 Å². The van der Waals surface area contributed by atoms with Crippen molar-refractivity contribution in [3.8, 4) is 0 Å². The van der Waals surface area contributed by atoms with Crippen molar-refractivity contribution >= 4 is 23.1 Å². The summed E-state index contributed by atoms with van der Waals surface area (Å²) >= 11 is 5.73. The molecule has 0 spiro atoms. The summed E-state index contributed by atoms with van der Waals surface area (Å²) in [6.07, 6.45) is 1.62. The molecule has 0 aliphatic carbocycles. The summed E-state index contributed by atoms with van der Waals surface area (Å²) in [5.41, 5.74) is 6.31. The third kappa shape index (κ3) is 3.60. The van der Waals surface area contributed by atoms with Gasteiger partial charge in [-0.3, -0.25) is 4.79 Å². The molecule has 1 aromatic rings. The van der Waals surface area contributed by atoms with Gasteiger partial charge in [0, 0.05) is 25.9 Å². The smallest absolute Gasteiger partial charge is 0.292 e. The molecule has 1 heterocycles. The highest BCUT2D eigenvalue weighted by Gasteiger charge is 2.04. The molecular formula is C10H14ClN5O. The molecule has 3 N–H and O–H groups in total. The number of halogens is 1. The van der Waals surface area contributed by atoms with Crippen LogP contribution in [0.1, 0.15) is 6.92 Å². The third-order valence-corrected chi connectivity index (χ3v) is 2.21. The lowest BCUT2D eigenvalue weighted by molar-refractivity contribution is 0.709. The van der Waals surface area contributed by atoms with Crippen LogP contribution in [0.4, 0.5) is 5.69 Å². The van der Waals surface area contributed by atoms with Gasteiger partial charge in [-0.15, -0.1) is 0 Å². The molecule has 0 amide bonds. The van der Waals surface area contributed by atoms with E-state index in [1.54, 1.807) is 13.1 Å². The van der Waals surface area contributed by atoms with Crippen LogP contribution in [-0.2, 0) is 7.05 Å². The lowest BCUT2D eigenvalue weighted by Gasteiger charge is -2.01. The van der Waals surface area contributed by atoms with Gasteiger partial charge in [-0.2, -0.15) is 5.10 Å². The Kier molecular flexibility index (Phi) is 4.28. The van der Waals surface area contributed by atoms with Crippen LogP contribution in [-0.4, -0.2) is 22.7 Å². The lowest BCUT2D eigenvalue weighted by atomic mass is 10.4. The summed E-state index contributed by atoms with van der Waals surface area (Å²) in [6.45, 7) is 1.83. The number of aryl methyl sites for hydroxylation is 1. The average Bonchev–Trinajstić information content (AvgIpc) is 2.24. The Morgan fingerprint density at radius 3 is 2.94 bits per heavy atom. The number of aliphatic imine (C=N–C) groups is 1. The van der Waals surface area contributed by atoms with E-state index in [0.717, 1.165) is 10.4 Å². The highest BCUT2D eigenvalue weighted by molar-refractivity contribution is 6.29. The van der Waals surface area contributed by atoms with Gasteiger partial charge in [0.1, 0.15) is 11.5 Å². The molecular weight excluding hydrogens is 242 g/mol. The van der Waals surface area contributed by atoms with Crippen LogP contribution in [0.25, 0.3) is 0 Å². The van der Waals surface area contributed by atoms with E-state index in [-0.39, 0.29) is 22.2 Å². The first-order valence-corrected chi connectivity index (χ1v) is 5.26. The predicted octanol–water partition coefficient (Wildman–Crippen LogP) is 0.546. The summed E-state index contributed by atoms with van der Waals surface area (Å²) in [5.74, 6) is 0.219. The molecule has 6 nitrogen and oxygen atoms in total. The van der Waals surface area contributed by atoms with E-state index in [4.69, 9.17) is 17.3 Å². The fraction of sp³-hybridized carbons (Fsp3) is 0.300. The molecule has 0 atom stereocenters. The molecule has 1 rings (SSSR count). The average molecular weight is 256 g/mol. The molecule has 7 heteroatoms. The maximum atomic E-state index is 11.7. The van der Waals surface area contributed by atoms with Crippen LogP contribution >= 0.6 is 11.6 Å². The van der Waals surface area contributed by atoms with Crippen LogP contribution in [0.15, 0.2) is 27.6 Å². The molecule has 92 valence electrons. The first-order valence-electron chi connectivity index (χ1n) is 4.88. The van der Waals surface area contributed by atoms with Crippen molar-refractivity contribution in [2.45, 2.75) is 6.92 Å². The maximum absolute atomic E-state index is 11.7. The minimum atomic E-state index is -0.354. The second-order valence-corrected chi connectivity index (χ2v) is 3.78. The first kappa shape index (κ1) is 13.2. The van der Waals surface area contributed by atoms with Crippen LogP contribution in [0.2, 0.25) is 5.15 Å². The molecule has 0 aliphatic heterocycles. The largest absolute Gasteiger partial charge is 0.392 e. The Morgan fingerprint density at radius 2 is 2.35 bits per heavy atom. The molecule has 0 bridgehead atoms. The number of amidine groups is 1.